The van der Waals surface area contributed by atoms with Crippen molar-refractivity contribution in [3.63, 3.8) is 0 Å². The quantitative estimate of drug-likeness (QED) is 0.817. The van der Waals surface area contributed by atoms with Crippen LogP contribution in [0, 0.1) is 0 Å². The zero-order valence-corrected chi connectivity index (χ0v) is 12.1. The zero-order chi connectivity index (χ0) is 12.8. The van der Waals surface area contributed by atoms with Gasteiger partial charge in [-0.15, -0.1) is 0 Å². The number of Topliss-reactive ketones (excluding diaryl/α,β-unsaturated/α-hetero) is 1. The summed E-state index contributed by atoms with van der Waals surface area (Å²) in [5.74, 6) is 0.135. The van der Waals surface area contributed by atoms with Crippen LogP contribution in [0.1, 0.15) is 17.3 Å². The Kier molecular flexibility index (Phi) is 5.82. The van der Waals surface area contributed by atoms with Crippen molar-refractivity contribution in [3.05, 3.63) is 34.3 Å². The highest BCUT2D eigenvalue weighted by Gasteiger charge is 2.13. The predicted molar refractivity (Wildman–Crippen MR) is 74.5 cm³/mol. The van der Waals surface area contributed by atoms with Crippen molar-refractivity contribution in [3.8, 4) is 0 Å². The van der Waals surface area contributed by atoms with Crippen LogP contribution in [0.15, 0.2) is 28.7 Å². The molecular formula is C13H19BrN2O. The van der Waals surface area contributed by atoms with Crippen LogP contribution in [0.5, 0.6) is 0 Å². The van der Waals surface area contributed by atoms with E-state index in [1.807, 2.05) is 45.3 Å². The summed E-state index contributed by atoms with van der Waals surface area (Å²) < 4.78 is 0.988. The molecule has 0 heterocycles. The molecule has 0 amide bonds. The molecule has 0 radical (unpaired) electrons. The van der Waals surface area contributed by atoms with E-state index in [4.69, 9.17) is 0 Å². The molecule has 1 N–H and O–H groups in total. The molecule has 3 nitrogen and oxygen atoms in total. The molecule has 1 rings (SSSR count). The number of carbonyl (C=O) groups is 1. The molecule has 0 aromatic heterocycles. The SMILES string of the molecule is CC(NCCN(C)C)C(=O)c1ccc(Br)cc1. The first-order valence-electron chi connectivity index (χ1n) is 5.68. The van der Waals surface area contributed by atoms with Gasteiger partial charge in [-0.2, -0.15) is 0 Å². The fourth-order valence-electron chi connectivity index (χ4n) is 1.46. The van der Waals surface area contributed by atoms with Crippen molar-refractivity contribution in [1.82, 2.24) is 10.2 Å². The van der Waals surface area contributed by atoms with E-state index < -0.39 is 0 Å². The molecule has 17 heavy (non-hydrogen) atoms. The standard InChI is InChI=1S/C13H19BrN2O/c1-10(15-8-9-16(2)3)13(17)11-4-6-12(14)7-5-11/h4-7,10,15H,8-9H2,1-3H3. The molecule has 0 spiro atoms. The van der Waals surface area contributed by atoms with E-state index in [0.717, 1.165) is 23.1 Å². The lowest BCUT2D eigenvalue weighted by atomic mass is 10.1. The van der Waals surface area contributed by atoms with E-state index in [1.54, 1.807) is 0 Å². The third-order valence-electron chi connectivity index (χ3n) is 2.53. The van der Waals surface area contributed by atoms with E-state index >= 15 is 0 Å². The van der Waals surface area contributed by atoms with Gasteiger partial charge in [-0.25, -0.2) is 0 Å². The summed E-state index contributed by atoms with van der Waals surface area (Å²) in [6, 6.07) is 7.32. The maximum atomic E-state index is 12.0. The Labute approximate surface area is 111 Å². The van der Waals surface area contributed by atoms with E-state index in [-0.39, 0.29) is 11.8 Å². The van der Waals surface area contributed by atoms with Gasteiger partial charge in [-0.3, -0.25) is 4.79 Å². The third-order valence-corrected chi connectivity index (χ3v) is 3.06. The Morgan fingerprint density at radius 3 is 2.47 bits per heavy atom. The van der Waals surface area contributed by atoms with Gasteiger partial charge in [0.1, 0.15) is 0 Å². The van der Waals surface area contributed by atoms with Crippen molar-refractivity contribution >= 4 is 21.7 Å². The number of nitrogens with zero attached hydrogens (tertiary/aromatic N) is 1. The van der Waals surface area contributed by atoms with Crippen LogP contribution in [-0.4, -0.2) is 43.9 Å². The molecular weight excluding hydrogens is 280 g/mol. The number of likely N-dealkylation sites (N-methyl/N-ethyl adjacent to an activating group) is 1. The van der Waals surface area contributed by atoms with Gasteiger partial charge in [0.25, 0.3) is 0 Å². The Hall–Kier alpha value is -0.710. The summed E-state index contributed by atoms with van der Waals surface area (Å²) in [6.07, 6.45) is 0. The molecule has 1 unspecified atom stereocenters. The minimum atomic E-state index is -0.142. The number of halogens is 1. The first-order chi connectivity index (χ1) is 8.00. The molecule has 94 valence electrons. The van der Waals surface area contributed by atoms with Gasteiger partial charge in [0, 0.05) is 23.1 Å². The molecule has 0 aliphatic carbocycles. The van der Waals surface area contributed by atoms with Crippen LogP contribution in [0.2, 0.25) is 0 Å². The molecule has 0 aliphatic rings. The molecule has 0 aliphatic heterocycles. The fraction of sp³-hybridized carbons (Fsp3) is 0.462. The molecule has 0 bridgehead atoms. The smallest absolute Gasteiger partial charge is 0.179 e. The van der Waals surface area contributed by atoms with Crippen molar-refractivity contribution in [2.45, 2.75) is 13.0 Å². The second-order valence-electron chi connectivity index (χ2n) is 4.35. The highest BCUT2D eigenvalue weighted by Crippen LogP contribution is 2.11. The van der Waals surface area contributed by atoms with Gasteiger partial charge in [-0.1, -0.05) is 28.1 Å². The number of hydrogen-bond donors (Lipinski definition) is 1. The fourth-order valence-corrected chi connectivity index (χ4v) is 1.73. The van der Waals surface area contributed by atoms with Gasteiger partial charge in [-0.05, 0) is 33.2 Å². The molecule has 0 saturated heterocycles. The Balaban J connectivity index is 2.49. The number of ketones is 1. The van der Waals surface area contributed by atoms with Gasteiger partial charge in [0.2, 0.25) is 0 Å². The summed E-state index contributed by atoms with van der Waals surface area (Å²) >= 11 is 3.36. The molecule has 1 atom stereocenters. The van der Waals surface area contributed by atoms with Crippen LogP contribution in [0.3, 0.4) is 0 Å². The van der Waals surface area contributed by atoms with Gasteiger partial charge in [0.05, 0.1) is 6.04 Å². The highest BCUT2D eigenvalue weighted by molar-refractivity contribution is 9.10. The molecule has 1 aromatic carbocycles. The van der Waals surface area contributed by atoms with Crippen LogP contribution in [0.25, 0.3) is 0 Å². The largest absolute Gasteiger partial charge is 0.308 e. The summed E-state index contributed by atoms with van der Waals surface area (Å²) in [6.45, 7) is 3.65. The number of rotatable bonds is 6. The first kappa shape index (κ1) is 14.4. The summed E-state index contributed by atoms with van der Waals surface area (Å²) in [7, 11) is 4.03. The second kappa shape index (κ2) is 6.89. The lowest BCUT2D eigenvalue weighted by Crippen LogP contribution is -2.38. The first-order valence-corrected chi connectivity index (χ1v) is 6.48. The average Bonchev–Trinajstić information content (AvgIpc) is 2.28. The number of hydrogen-bond acceptors (Lipinski definition) is 3. The summed E-state index contributed by atoms with van der Waals surface area (Å²) in [5, 5.41) is 3.22. The molecule has 0 fully saturated rings. The minimum Gasteiger partial charge on any atom is -0.308 e. The third kappa shape index (κ3) is 4.98. The van der Waals surface area contributed by atoms with Crippen LogP contribution in [0.4, 0.5) is 0 Å². The average molecular weight is 299 g/mol. The van der Waals surface area contributed by atoms with Crippen molar-refractivity contribution in [1.29, 1.82) is 0 Å². The highest BCUT2D eigenvalue weighted by atomic mass is 79.9. The molecule has 1 aromatic rings. The summed E-state index contributed by atoms with van der Waals surface area (Å²) in [5.41, 5.74) is 0.748. The van der Waals surface area contributed by atoms with Crippen LogP contribution < -0.4 is 5.32 Å². The number of benzene rings is 1. The topological polar surface area (TPSA) is 32.3 Å². The minimum absolute atomic E-state index is 0.135. The van der Waals surface area contributed by atoms with Crippen LogP contribution in [-0.2, 0) is 0 Å². The van der Waals surface area contributed by atoms with Crippen LogP contribution >= 0.6 is 15.9 Å². The Morgan fingerprint density at radius 1 is 1.35 bits per heavy atom. The van der Waals surface area contributed by atoms with Gasteiger partial charge < -0.3 is 10.2 Å². The van der Waals surface area contributed by atoms with Gasteiger partial charge >= 0.3 is 0 Å². The maximum absolute atomic E-state index is 12.0. The second-order valence-corrected chi connectivity index (χ2v) is 5.27. The van der Waals surface area contributed by atoms with Crippen molar-refractivity contribution in [2.24, 2.45) is 0 Å². The number of nitrogens with one attached hydrogen (secondary N) is 1. The predicted octanol–water partition coefficient (Wildman–Crippen LogP) is 2.17. The Morgan fingerprint density at radius 2 is 1.94 bits per heavy atom. The van der Waals surface area contributed by atoms with E-state index in [2.05, 4.69) is 26.1 Å². The monoisotopic (exact) mass is 298 g/mol. The lowest BCUT2D eigenvalue weighted by molar-refractivity contribution is 0.0950. The van der Waals surface area contributed by atoms with Crippen molar-refractivity contribution < 1.29 is 4.79 Å². The van der Waals surface area contributed by atoms with E-state index in [0.29, 0.717) is 0 Å². The number of carbonyl (C=O) groups excluding carboxylic acids is 1. The zero-order valence-electron chi connectivity index (χ0n) is 10.5. The maximum Gasteiger partial charge on any atom is 0.179 e. The molecule has 4 heteroatoms. The van der Waals surface area contributed by atoms with Gasteiger partial charge in [0.15, 0.2) is 5.78 Å². The Bertz CT molecular complexity index is 362. The van der Waals surface area contributed by atoms with Crippen molar-refractivity contribution in [2.75, 3.05) is 27.2 Å². The van der Waals surface area contributed by atoms with E-state index in [1.165, 1.54) is 0 Å². The normalized spacial score (nSPS) is 12.8. The molecule has 0 saturated carbocycles. The van der Waals surface area contributed by atoms with E-state index in [9.17, 15) is 4.79 Å². The summed E-state index contributed by atoms with van der Waals surface area (Å²) in [4.78, 5) is 14.1. The lowest BCUT2D eigenvalue weighted by Gasteiger charge is -2.15.